The van der Waals surface area contributed by atoms with Gasteiger partial charge in [-0.3, -0.25) is 4.79 Å². The molecule has 0 fully saturated rings. The van der Waals surface area contributed by atoms with Crippen LogP contribution in [-0.2, 0) is 4.79 Å². The SMILES string of the molecule is Cc1cc(/C=C(/C#N)C(=O)Nc2ccc(Br)cc2)c(C)n1-c1ccc(F)c(Cl)c1. The molecule has 0 saturated carbocycles. The van der Waals surface area contributed by atoms with E-state index in [0.29, 0.717) is 16.9 Å². The average molecular weight is 473 g/mol. The number of nitrogens with zero attached hydrogens (tertiary/aromatic N) is 2. The Hall–Kier alpha value is -2.88. The van der Waals surface area contributed by atoms with Crippen LogP contribution < -0.4 is 5.32 Å². The van der Waals surface area contributed by atoms with Gasteiger partial charge < -0.3 is 9.88 Å². The van der Waals surface area contributed by atoms with Crippen molar-refractivity contribution in [2.24, 2.45) is 0 Å². The number of rotatable bonds is 4. The largest absolute Gasteiger partial charge is 0.321 e. The fourth-order valence-electron chi connectivity index (χ4n) is 2.99. The Morgan fingerprint density at radius 1 is 1.21 bits per heavy atom. The van der Waals surface area contributed by atoms with Gasteiger partial charge in [-0.2, -0.15) is 5.26 Å². The second-order valence-electron chi connectivity index (χ2n) is 6.39. The lowest BCUT2D eigenvalue weighted by molar-refractivity contribution is -0.112. The van der Waals surface area contributed by atoms with E-state index in [1.807, 2.05) is 30.6 Å². The summed E-state index contributed by atoms with van der Waals surface area (Å²) >= 11 is 9.25. The summed E-state index contributed by atoms with van der Waals surface area (Å²) in [6.45, 7) is 3.74. The molecule has 146 valence electrons. The van der Waals surface area contributed by atoms with Gasteiger partial charge in [-0.05, 0) is 74.0 Å². The molecular weight excluding hydrogens is 457 g/mol. The van der Waals surface area contributed by atoms with E-state index in [1.165, 1.54) is 18.2 Å². The number of aryl methyl sites for hydroxylation is 1. The molecule has 1 amide bonds. The van der Waals surface area contributed by atoms with Crippen molar-refractivity contribution in [2.75, 3.05) is 5.32 Å². The molecule has 0 spiro atoms. The molecule has 0 atom stereocenters. The summed E-state index contributed by atoms with van der Waals surface area (Å²) in [6, 6.07) is 15.4. The highest BCUT2D eigenvalue weighted by atomic mass is 79.9. The van der Waals surface area contributed by atoms with Gasteiger partial charge in [-0.15, -0.1) is 0 Å². The molecule has 2 aromatic carbocycles. The van der Waals surface area contributed by atoms with Crippen LogP contribution in [0.1, 0.15) is 17.0 Å². The van der Waals surface area contributed by atoms with Gasteiger partial charge in [0.15, 0.2) is 0 Å². The Morgan fingerprint density at radius 2 is 1.90 bits per heavy atom. The van der Waals surface area contributed by atoms with Crippen LogP contribution in [0.25, 0.3) is 11.8 Å². The Bertz CT molecular complexity index is 1160. The zero-order valence-electron chi connectivity index (χ0n) is 15.6. The van der Waals surface area contributed by atoms with Crippen molar-refractivity contribution in [1.29, 1.82) is 5.26 Å². The van der Waals surface area contributed by atoms with E-state index in [0.717, 1.165) is 15.9 Å². The van der Waals surface area contributed by atoms with Crippen LogP contribution in [0.15, 0.2) is 58.6 Å². The highest BCUT2D eigenvalue weighted by Gasteiger charge is 2.15. The van der Waals surface area contributed by atoms with Crippen LogP contribution in [0.2, 0.25) is 5.02 Å². The molecule has 3 aromatic rings. The van der Waals surface area contributed by atoms with E-state index in [1.54, 1.807) is 30.3 Å². The van der Waals surface area contributed by atoms with Crippen molar-refractivity contribution < 1.29 is 9.18 Å². The first-order valence-electron chi connectivity index (χ1n) is 8.63. The van der Waals surface area contributed by atoms with Crippen molar-refractivity contribution in [3.8, 4) is 11.8 Å². The fraction of sp³-hybridized carbons (Fsp3) is 0.0909. The molecule has 1 heterocycles. The van der Waals surface area contributed by atoms with E-state index in [2.05, 4.69) is 21.2 Å². The van der Waals surface area contributed by atoms with Gasteiger partial charge in [0.05, 0.1) is 5.02 Å². The van der Waals surface area contributed by atoms with Crippen molar-refractivity contribution in [2.45, 2.75) is 13.8 Å². The summed E-state index contributed by atoms with van der Waals surface area (Å²) in [5.74, 6) is -0.987. The van der Waals surface area contributed by atoms with E-state index >= 15 is 0 Å². The van der Waals surface area contributed by atoms with Gasteiger partial charge in [0.1, 0.15) is 17.5 Å². The minimum absolute atomic E-state index is 0.0229. The quantitative estimate of drug-likeness (QED) is 0.363. The number of carbonyl (C=O) groups is 1. The number of carbonyl (C=O) groups excluding carboxylic acids is 1. The van der Waals surface area contributed by atoms with Gasteiger partial charge in [0, 0.05) is 27.2 Å². The molecule has 3 rings (SSSR count). The van der Waals surface area contributed by atoms with Gasteiger partial charge in [-0.25, -0.2) is 4.39 Å². The maximum Gasteiger partial charge on any atom is 0.266 e. The van der Waals surface area contributed by atoms with Crippen LogP contribution in [0.5, 0.6) is 0 Å². The Balaban J connectivity index is 1.94. The molecule has 29 heavy (non-hydrogen) atoms. The van der Waals surface area contributed by atoms with Crippen LogP contribution >= 0.6 is 27.5 Å². The van der Waals surface area contributed by atoms with Crippen LogP contribution in [-0.4, -0.2) is 10.5 Å². The smallest absolute Gasteiger partial charge is 0.266 e. The number of nitriles is 1. The van der Waals surface area contributed by atoms with E-state index in [-0.39, 0.29) is 10.6 Å². The number of amides is 1. The van der Waals surface area contributed by atoms with Gasteiger partial charge in [0.2, 0.25) is 0 Å². The second kappa shape index (κ2) is 8.64. The highest BCUT2D eigenvalue weighted by Crippen LogP contribution is 2.26. The van der Waals surface area contributed by atoms with Gasteiger partial charge in [0.25, 0.3) is 5.91 Å². The molecule has 0 bridgehead atoms. The predicted octanol–water partition coefficient (Wildman–Crippen LogP) is 6.19. The summed E-state index contributed by atoms with van der Waals surface area (Å²) in [7, 11) is 0. The molecule has 0 aliphatic carbocycles. The molecule has 0 aliphatic heterocycles. The zero-order chi connectivity index (χ0) is 21.1. The number of hydrogen-bond donors (Lipinski definition) is 1. The second-order valence-corrected chi connectivity index (χ2v) is 7.71. The monoisotopic (exact) mass is 471 g/mol. The molecule has 1 N–H and O–H groups in total. The van der Waals surface area contributed by atoms with Gasteiger partial charge >= 0.3 is 0 Å². The summed E-state index contributed by atoms with van der Waals surface area (Å²) in [5, 5.41) is 12.2. The summed E-state index contributed by atoms with van der Waals surface area (Å²) in [4.78, 5) is 12.5. The number of benzene rings is 2. The third-order valence-corrected chi connectivity index (χ3v) is 5.22. The molecule has 4 nitrogen and oxygen atoms in total. The summed E-state index contributed by atoms with van der Waals surface area (Å²) in [5.41, 5.74) is 3.64. The number of hydrogen-bond acceptors (Lipinski definition) is 2. The number of halogens is 3. The highest BCUT2D eigenvalue weighted by molar-refractivity contribution is 9.10. The van der Waals surface area contributed by atoms with Crippen LogP contribution in [0.3, 0.4) is 0 Å². The van der Waals surface area contributed by atoms with Crippen LogP contribution in [0.4, 0.5) is 10.1 Å². The maximum absolute atomic E-state index is 13.5. The third kappa shape index (κ3) is 4.58. The fourth-order valence-corrected chi connectivity index (χ4v) is 3.43. The van der Waals surface area contributed by atoms with Crippen molar-refractivity contribution in [1.82, 2.24) is 4.57 Å². The van der Waals surface area contributed by atoms with Gasteiger partial charge in [-0.1, -0.05) is 27.5 Å². The third-order valence-electron chi connectivity index (χ3n) is 4.40. The van der Waals surface area contributed by atoms with E-state index in [4.69, 9.17) is 11.6 Å². The summed E-state index contributed by atoms with van der Waals surface area (Å²) < 4.78 is 16.3. The summed E-state index contributed by atoms with van der Waals surface area (Å²) in [6.07, 6.45) is 1.54. The topological polar surface area (TPSA) is 57.8 Å². The number of aromatic nitrogens is 1. The normalized spacial score (nSPS) is 11.2. The Kier molecular flexibility index (Phi) is 6.21. The molecule has 1 aromatic heterocycles. The molecule has 0 radical (unpaired) electrons. The lowest BCUT2D eigenvalue weighted by atomic mass is 10.1. The first kappa shape index (κ1) is 20.8. The lowest BCUT2D eigenvalue weighted by Crippen LogP contribution is -2.13. The first-order chi connectivity index (χ1) is 13.8. The maximum atomic E-state index is 13.5. The minimum atomic E-state index is -0.496. The zero-order valence-corrected chi connectivity index (χ0v) is 18.0. The Morgan fingerprint density at radius 3 is 2.52 bits per heavy atom. The average Bonchev–Trinajstić information content (AvgIpc) is 2.97. The van der Waals surface area contributed by atoms with E-state index in [9.17, 15) is 14.4 Å². The molecule has 0 saturated heterocycles. The predicted molar refractivity (Wildman–Crippen MR) is 117 cm³/mol. The van der Waals surface area contributed by atoms with Crippen molar-refractivity contribution in [3.63, 3.8) is 0 Å². The molecule has 7 heteroatoms. The Labute approximate surface area is 181 Å². The van der Waals surface area contributed by atoms with Crippen LogP contribution in [0, 0.1) is 31.0 Å². The van der Waals surface area contributed by atoms with Crippen molar-refractivity contribution >= 4 is 45.2 Å². The minimum Gasteiger partial charge on any atom is -0.321 e. The standard InChI is InChI=1S/C22H16BrClFN3O/c1-13-9-15(14(2)28(13)19-7-8-21(25)20(24)11-19)10-16(12-26)22(29)27-18-5-3-17(23)4-6-18/h3-11H,1-2H3,(H,27,29)/b16-10-. The molecule has 0 unspecified atom stereocenters. The van der Waals surface area contributed by atoms with E-state index < -0.39 is 11.7 Å². The number of anilines is 1. The number of nitrogens with one attached hydrogen (secondary N) is 1. The first-order valence-corrected chi connectivity index (χ1v) is 9.80. The lowest BCUT2D eigenvalue weighted by Gasteiger charge is -2.10. The van der Waals surface area contributed by atoms with Crippen molar-refractivity contribution in [3.05, 3.63) is 86.4 Å². The molecular formula is C22H16BrClFN3O. The molecule has 0 aliphatic rings.